The summed E-state index contributed by atoms with van der Waals surface area (Å²) in [6, 6.07) is 15.9. The lowest BCUT2D eigenvalue weighted by Crippen LogP contribution is -2.32. The molecule has 0 atom stereocenters. The van der Waals surface area contributed by atoms with E-state index in [0.717, 1.165) is 11.1 Å². The van der Waals surface area contributed by atoms with Gasteiger partial charge in [0.1, 0.15) is 12.2 Å². The Hall–Kier alpha value is -2.47. The number of anilines is 1. The summed E-state index contributed by atoms with van der Waals surface area (Å²) in [5, 5.41) is 7.37. The van der Waals surface area contributed by atoms with Crippen molar-refractivity contribution >= 4 is 46.4 Å². The summed E-state index contributed by atoms with van der Waals surface area (Å²) < 4.78 is 1.35. The maximum absolute atomic E-state index is 12.6. The number of benzene rings is 2. The van der Waals surface area contributed by atoms with Crippen LogP contribution in [-0.2, 0) is 24.4 Å². The van der Waals surface area contributed by atoms with Crippen molar-refractivity contribution in [3.8, 4) is 0 Å². The van der Waals surface area contributed by atoms with Gasteiger partial charge >= 0.3 is 0 Å². The van der Waals surface area contributed by atoms with Crippen LogP contribution in [0.1, 0.15) is 11.1 Å². The summed E-state index contributed by atoms with van der Waals surface area (Å²) >= 11 is 17.8. The number of nitrogens with one attached hydrogen (secondary N) is 2. The molecule has 0 saturated heterocycles. The number of amides is 1. The van der Waals surface area contributed by atoms with Gasteiger partial charge < -0.3 is 15.2 Å². The highest BCUT2D eigenvalue weighted by atomic mass is 35.5. The normalized spacial score (nSPS) is 10.6. The number of aromatic nitrogens is 1. The monoisotopic (exact) mass is 449 g/mol. The van der Waals surface area contributed by atoms with E-state index in [4.69, 9.17) is 34.8 Å². The quantitative estimate of drug-likeness (QED) is 0.547. The second-order valence-electron chi connectivity index (χ2n) is 6.36. The van der Waals surface area contributed by atoms with Gasteiger partial charge in [-0.15, -0.1) is 0 Å². The van der Waals surface area contributed by atoms with E-state index in [1.165, 1.54) is 4.57 Å². The summed E-state index contributed by atoms with van der Waals surface area (Å²) in [7, 11) is 0. The number of nitrogens with zero attached hydrogens (tertiary/aromatic N) is 1. The number of hydrogen-bond donors (Lipinski definition) is 2. The van der Waals surface area contributed by atoms with Gasteiger partial charge in [-0.3, -0.25) is 9.59 Å². The van der Waals surface area contributed by atoms with Crippen molar-refractivity contribution in [3.05, 3.63) is 97.3 Å². The Morgan fingerprint density at radius 2 is 1.69 bits per heavy atom. The molecule has 3 aromatic rings. The minimum atomic E-state index is -0.287. The molecule has 0 radical (unpaired) electrons. The average molecular weight is 451 g/mol. The van der Waals surface area contributed by atoms with Gasteiger partial charge in [0.25, 0.3) is 5.56 Å². The minimum absolute atomic E-state index is 0.0904. The van der Waals surface area contributed by atoms with Crippen LogP contribution in [0.2, 0.25) is 15.1 Å². The Kier molecular flexibility index (Phi) is 7.20. The zero-order valence-electron chi connectivity index (χ0n) is 15.3. The van der Waals surface area contributed by atoms with E-state index in [0.29, 0.717) is 27.3 Å². The van der Waals surface area contributed by atoms with Crippen LogP contribution in [0, 0.1) is 0 Å². The second-order valence-corrected chi connectivity index (χ2v) is 7.61. The first kappa shape index (κ1) is 21.2. The molecule has 0 aliphatic heterocycles. The van der Waals surface area contributed by atoms with Crippen molar-refractivity contribution in [3.63, 3.8) is 0 Å². The Bertz CT molecular complexity index is 1080. The zero-order chi connectivity index (χ0) is 20.8. The lowest BCUT2D eigenvalue weighted by molar-refractivity contribution is -0.121. The Balaban J connectivity index is 1.60. The third-order valence-corrected chi connectivity index (χ3v) is 5.15. The molecule has 0 unspecified atom stereocenters. The number of hydrogen-bond acceptors (Lipinski definition) is 3. The van der Waals surface area contributed by atoms with Crippen LogP contribution in [0.5, 0.6) is 0 Å². The van der Waals surface area contributed by atoms with E-state index >= 15 is 0 Å². The van der Waals surface area contributed by atoms with E-state index in [2.05, 4.69) is 10.6 Å². The molecule has 0 bridgehead atoms. The number of pyridine rings is 1. The molecule has 0 fully saturated rings. The number of rotatable bonds is 7. The lowest BCUT2D eigenvalue weighted by atomic mass is 10.2. The smallest absolute Gasteiger partial charge is 0.274 e. The van der Waals surface area contributed by atoms with Crippen molar-refractivity contribution in [2.45, 2.75) is 19.6 Å². The fraction of sp³-hybridized carbons (Fsp3) is 0.143. The van der Waals surface area contributed by atoms with E-state index in [1.54, 1.807) is 42.6 Å². The third-order valence-electron chi connectivity index (χ3n) is 4.18. The van der Waals surface area contributed by atoms with E-state index in [9.17, 15) is 9.59 Å². The number of carbonyl (C=O) groups is 1. The van der Waals surface area contributed by atoms with E-state index in [1.807, 2.05) is 18.2 Å². The third kappa shape index (κ3) is 6.00. The van der Waals surface area contributed by atoms with Crippen LogP contribution in [0.25, 0.3) is 0 Å². The van der Waals surface area contributed by atoms with Crippen LogP contribution in [-0.4, -0.2) is 10.5 Å². The standard InChI is InChI=1S/C21H18Cl3N3O2/c22-16-4-1-3-14(9-16)11-25-19-5-2-8-27(21(19)29)13-20(28)26-12-15-6-7-17(23)18(24)10-15/h1-10,25H,11-13H2,(H,26,28). The molecule has 3 rings (SSSR count). The molecule has 0 aliphatic carbocycles. The molecule has 5 nitrogen and oxygen atoms in total. The topological polar surface area (TPSA) is 63.1 Å². The van der Waals surface area contributed by atoms with Crippen molar-refractivity contribution < 1.29 is 4.79 Å². The Morgan fingerprint density at radius 1 is 0.897 bits per heavy atom. The molecular weight excluding hydrogens is 433 g/mol. The molecule has 0 saturated carbocycles. The lowest BCUT2D eigenvalue weighted by Gasteiger charge is -2.11. The van der Waals surface area contributed by atoms with Crippen LogP contribution in [0.4, 0.5) is 5.69 Å². The Labute approximate surface area is 183 Å². The molecule has 150 valence electrons. The molecule has 29 heavy (non-hydrogen) atoms. The molecule has 1 amide bonds. The van der Waals surface area contributed by atoms with Gasteiger partial charge in [-0.1, -0.05) is 53.0 Å². The first-order valence-corrected chi connectivity index (χ1v) is 9.94. The van der Waals surface area contributed by atoms with E-state index in [-0.39, 0.29) is 24.6 Å². The van der Waals surface area contributed by atoms with Crippen LogP contribution >= 0.6 is 34.8 Å². The predicted octanol–water partition coefficient (Wildman–Crippen LogP) is 4.74. The van der Waals surface area contributed by atoms with Crippen molar-refractivity contribution in [1.82, 2.24) is 9.88 Å². The SMILES string of the molecule is O=C(Cn1cccc(NCc2cccc(Cl)c2)c1=O)NCc1ccc(Cl)c(Cl)c1. The fourth-order valence-electron chi connectivity index (χ4n) is 2.70. The highest BCUT2D eigenvalue weighted by molar-refractivity contribution is 6.42. The average Bonchev–Trinajstić information content (AvgIpc) is 2.69. The summed E-state index contributed by atoms with van der Waals surface area (Å²) in [6.45, 7) is 0.646. The number of halogens is 3. The Morgan fingerprint density at radius 3 is 2.45 bits per heavy atom. The van der Waals surface area contributed by atoms with Crippen molar-refractivity contribution in [1.29, 1.82) is 0 Å². The molecule has 8 heteroatoms. The summed E-state index contributed by atoms with van der Waals surface area (Å²) in [4.78, 5) is 24.9. The molecule has 1 heterocycles. The second kappa shape index (κ2) is 9.83. The van der Waals surface area contributed by atoms with Crippen LogP contribution < -0.4 is 16.2 Å². The van der Waals surface area contributed by atoms with Crippen molar-refractivity contribution in [2.24, 2.45) is 0 Å². The first-order valence-electron chi connectivity index (χ1n) is 8.81. The van der Waals surface area contributed by atoms with E-state index < -0.39 is 0 Å². The van der Waals surface area contributed by atoms with Gasteiger partial charge in [-0.2, -0.15) is 0 Å². The van der Waals surface area contributed by atoms with Gasteiger partial charge in [0.05, 0.1) is 10.0 Å². The maximum Gasteiger partial charge on any atom is 0.274 e. The summed E-state index contributed by atoms with van der Waals surface area (Å²) in [6.07, 6.45) is 1.58. The van der Waals surface area contributed by atoms with Gasteiger partial charge in [0, 0.05) is 24.3 Å². The molecular formula is C21H18Cl3N3O2. The largest absolute Gasteiger partial charge is 0.377 e. The number of carbonyl (C=O) groups excluding carboxylic acids is 1. The summed E-state index contributed by atoms with van der Waals surface area (Å²) in [5.74, 6) is -0.287. The molecule has 2 N–H and O–H groups in total. The molecule has 0 aliphatic rings. The highest BCUT2D eigenvalue weighted by Gasteiger charge is 2.08. The molecule has 1 aromatic heterocycles. The maximum atomic E-state index is 12.6. The summed E-state index contributed by atoms with van der Waals surface area (Å²) in [5.41, 5.74) is 1.90. The van der Waals surface area contributed by atoms with Crippen LogP contribution in [0.3, 0.4) is 0 Å². The fourth-order valence-corrected chi connectivity index (χ4v) is 3.23. The molecule has 2 aromatic carbocycles. The van der Waals surface area contributed by atoms with Crippen LogP contribution in [0.15, 0.2) is 65.6 Å². The molecule has 0 spiro atoms. The zero-order valence-corrected chi connectivity index (χ0v) is 17.6. The van der Waals surface area contributed by atoms with Gasteiger partial charge in [0.15, 0.2) is 0 Å². The highest BCUT2D eigenvalue weighted by Crippen LogP contribution is 2.22. The van der Waals surface area contributed by atoms with Gasteiger partial charge in [0.2, 0.25) is 5.91 Å². The van der Waals surface area contributed by atoms with Crippen molar-refractivity contribution in [2.75, 3.05) is 5.32 Å². The minimum Gasteiger partial charge on any atom is -0.377 e. The van der Waals surface area contributed by atoms with Gasteiger partial charge in [-0.25, -0.2) is 0 Å². The first-order chi connectivity index (χ1) is 13.9. The van der Waals surface area contributed by atoms with Gasteiger partial charge in [-0.05, 0) is 47.5 Å². The predicted molar refractivity (Wildman–Crippen MR) is 118 cm³/mol.